The zero-order valence-electron chi connectivity index (χ0n) is 8.52. The highest BCUT2D eigenvalue weighted by Gasteiger charge is 2.04. The van der Waals surface area contributed by atoms with Gasteiger partial charge in [-0.3, -0.25) is 0 Å². The van der Waals surface area contributed by atoms with Crippen molar-refractivity contribution in [1.82, 2.24) is 0 Å². The second-order valence-electron chi connectivity index (χ2n) is 3.13. The lowest BCUT2D eigenvalue weighted by molar-refractivity contribution is 0.621. The van der Waals surface area contributed by atoms with Crippen molar-refractivity contribution in [2.45, 2.75) is 6.42 Å². The zero-order valence-corrected chi connectivity index (χ0v) is 11.5. The molecule has 0 atom stereocenters. The zero-order chi connectivity index (χ0) is 11.3. The van der Waals surface area contributed by atoms with E-state index in [-0.39, 0.29) is 5.82 Å². The fraction of sp³-hybridized carbons (Fsp3) is 0.400. The number of nitrogens with two attached hydrogens (primary N) is 1. The summed E-state index contributed by atoms with van der Waals surface area (Å²) in [5.74, 6) is 0.872. The number of benzene rings is 1. The molecule has 0 saturated heterocycles. The molecule has 0 heterocycles. The van der Waals surface area contributed by atoms with Crippen LogP contribution >= 0.6 is 34.4 Å². The van der Waals surface area contributed by atoms with Crippen LogP contribution in [0.25, 0.3) is 0 Å². The number of halogens is 2. The lowest BCUT2D eigenvalue weighted by Crippen LogP contribution is -2.06. The Hall–Kier alpha value is -0.170. The quantitative estimate of drug-likeness (QED) is 0.491. The molecule has 0 unspecified atom stereocenters. The maximum atomic E-state index is 13.2. The summed E-state index contributed by atoms with van der Waals surface area (Å²) in [6, 6.07) is 3.10. The molecule has 1 rings (SSSR count). The van der Waals surface area contributed by atoms with Gasteiger partial charge in [0.15, 0.2) is 0 Å². The van der Waals surface area contributed by atoms with E-state index in [1.807, 2.05) is 22.6 Å². The summed E-state index contributed by atoms with van der Waals surface area (Å²) in [7, 11) is 0. The first-order chi connectivity index (χ1) is 7.15. The fourth-order valence-electron chi connectivity index (χ4n) is 1.15. The number of nitrogens with one attached hydrogen (secondary N) is 1. The van der Waals surface area contributed by atoms with Crippen molar-refractivity contribution in [2.24, 2.45) is 0 Å². The van der Waals surface area contributed by atoms with Crippen molar-refractivity contribution in [3.8, 4) is 0 Å². The van der Waals surface area contributed by atoms with Gasteiger partial charge in [-0.1, -0.05) is 0 Å². The Morgan fingerprint density at radius 3 is 2.93 bits per heavy atom. The highest BCUT2D eigenvalue weighted by Crippen LogP contribution is 2.23. The Morgan fingerprint density at radius 1 is 1.53 bits per heavy atom. The first-order valence-corrected chi connectivity index (χ1v) is 7.09. The Labute approximate surface area is 107 Å². The van der Waals surface area contributed by atoms with E-state index in [4.69, 9.17) is 5.73 Å². The molecule has 0 aliphatic heterocycles. The van der Waals surface area contributed by atoms with Gasteiger partial charge in [0.1, 0.15) is 5.82 Å². The topological polar surface area (TPSA) is 38.0 Å². The number of hydrogen-bond donors (Lipinski definition) is 2. The van der Waals surface area contributed by atoms with Gasteiger partial charge in [-0.25, -0.2) is 4.39 Å². The van der Waals surface area contributed by atoms with Crippen LogP contribution in [0.1, 0.15) is 6.42 Å². The van der Waals surface area contributed by atoms with Crippen LogP contribution < -0.4 is 11.1 Å². The third-order valence-corrected chi connectivity index (χ3v) is 3.46. The summed E-state index contributed by atoms with van der Waals surface area (Å²) in [6.45, 7) is 0.824. The van der Waals surface area contributed by atoms with Crippen molar-refractivity contribution in [2.75, 3.05) is 29.6 Å². The van der Waals surface area contributed by atoms with Gasteiger partial charge in [0.25, 0.3) is 0 Å². The SMILES string of the molecule is CSCCCNc1cc(F)c(I)cc1N. The molecule has 3 N–H and O–H groups in total. The summed E-state index contributed by atoms with van der Waals surface area (Å²) in [4.78, 5) is 0. The van der Waals surface area contributed by atoms with Crippen molar-refractivity contribution in [3.63, 3.8) is 0 Å². The molecule has 0 amide bonds. The predicted octanol–water partition coefficient (Wildman–Crippen LogP) is 3.18. The second-order valence-corrected chi connectivity index (χ2v) is 5.27. The van der Waals surface area contributed by atoms with E-state index in [9.17, 15) is 4.39 Å². The highest BCUT2D eigenvalue weighted by atomic mass is 127. The normalized spacial score (nSPS) is 10.3. The number of thioether (sulfide) groups is 1. The Bertz CT molecular complexity index is 333. The molecule has 0 aliphatic rings. The summed E-state index contributed by atoms with van der Waals surface area (Å²) in [6.07, 6.45) is 3.12. The van der Waals surface area contributed by atoms with Crippen LogP contribution in [0.15, 0.2) is 12.1 Å². The van der Waals surface area contributed by atoms with Crippen LogP contribution in [0.2, 0.25) is 0 Å². The fourth-order valence-corrected chi connectivity index (χ4v) is 2.08. The number of anilines is 2. The monoisotopic (exact) mass is 340 g/mol. The molecule has 0 aromatic heterocycles. The standard InChI is InChI=1S/C10H14FIN2S/c1-15-4-2-3-14-10-5-7(11)8(12)6-9(10)13/h5-6,14H,2-4,13H2,1H3. The van der Waals surface area contributed by atoms with Gasteiger partial charge >= 0.3 is 0 Å². The maximum absolute atomic E-state index is 13.2. The van der Waals surface area contributed by atoms with Crippen LogP contribution in [0.4, 0.5) is 15.8 Å². The third-order valence-electron chi connectivity index (χ3n) is 1.93. The Morgan fingerprint density at radius 2 is 2.27 bits per heavy atom. The molecule has 1 aromatic rings. The molecule has 0 bridgehead atoms. The lowest BCUT2D eigenvalue weighted by Gasteiger charge is -2.09. The largest absolute Gasteiger partial charge is 0.397 e. The minimum Gasteiger partial charge on any atom is -0.397 e. The van der Waals surface area contributed by atoms with Gasteiger partial charge in [0, 0.05) is 12.6 Å². The van der Waals surface area contributed by atoms with Gasteiger partial charge in [0.05, 0.1) is 14.9 Å². The van der Waals surface area contributed by atoms with Crippen molar-refractivity contribution < 1.29 is 4.39 Å². The smallest absolute Gasteiger partial charge is 0.138 e. The van der Waals surface area contributed by atoms with E-state index in [2.05, 4.69) is 11.6 Å². The third kappa shape index (κ3) is 4.06. The summed E-state index contributed by atoms with van der Waals surface area (Å²) >= 11 is 3.73. The lowest BCUT2D eigenvalue weighted by atomic mass is 10.2. The van der Waals surface area contributed by atoms with E-state index >= 15 is 0 Å². The Kier molecular flexibility index (Phi) is 5.52. The van der Waals surface area contributed by atoms with E-state index in [0.29, 0.717) is 14.9 Å². The predicted molar refractivity (Wildman–Crippen MR) is 75.0 cm³/mol. The molecule has 15 heavy (non-hydrogen) atoms. The summed E-state index contributed by atoms with van der Waals surface area (Å²) < 4.78 is 13.8. The van der Waals surface area contributed by atoms with Gasteiger partial charge in [-0.05, 0) is 47.1 Å². The van der Waals surface area contributed by atoms with E-state index in [0.717, 1.165) is 18.7 Å². The minimum absolute atomic E-state index is 0.225. The van der Waals surface area contributed by atoms with E-state index in [1.165, 1.54) is 6.07 Å². The molecule has 0 saturated carbocycles. The van der Waals surface area contributed by atoms with Gasteiger partial charge in [0.2, 0.25) is 0 Å². The van der Waals surface area contributed by atoms with Gasteiger partial charge < -0.3 is 11.1 Å². The molecule has 2 nitrogen and oxygen atoms in total. The molecule has 5 heteroatoms. The first kappa shape index (κ1) is 12.9. The number of rotatable bonds is 5. The molecular weight excluding hydrogens is 326 g/mol. The molecule has 0 spiro atoms. The maximum Gasteiger partial charge on any atom is 0.138 e. The van der Waals surface area contributed by atoms with Crippen molar-refractivity contribution in [3.05, 3.63) is 21.5 Å². The van der Waals surface area contributed by atoms with Gasteiger partial charge in [-0.15, -0.1) is 0 Å². The Balaban J connectivity index is 2.57. The number of nitrogen functional groups attached to an aromatic ring is 1. The molecule has 0 fully saturated rings. The van der Waals surface area contributed by atoms with Crippen molar-refractivity contribution >= 4 is 45.7 Å². The number of hydrogen-bond acceptors (Lipinski definition) is 3. The molecule has 1 aromatic carbocycles. The molecule has 0 aliphatic carbocycles. The average Bonchev–Trinajstić information content (AvgIpc) is 2.20. The second kappa shape index (κ2) is 6.42. The minimum atomic E-state index is -0.225. The van der Waals surface area contributed by atoms with Crippen LogP contribution in [0.5, 0.6) is 0 Å². The van der Waals surface area contributed by atoms with E-state index in [1.54, 1.807) is 17.8 Å². The first-order valence-electron chi connectivity index (χ1n) is 4.62. The average molecular weight is 340 g/mol. The van der Waals surface area contributed by atoms with Crippen molar-refractivity contribution in [1.29, 1.82) is 0 Å². The highest BCUT2D eigenvalue weighted by molar-refractivity contribution is 14.1. The van der Waals surface area contributed by atoms with E-state index < -0.39 is 0 Å². The molecule has 84 valence electrons. The molecule has 0 radical (unpaired) electrons. The summed E-state index contributed by atoms with van der Waals surface area (Å²) in [5.41, 5.74) is 7.06. The van der Waals surface area contributed by atoms with Gasteiger partial charge in [-0.2, -0.15) is 11.8 Å². The van der Waals surface area contributed by atoms with Crippen LogP contribution in [-0.2, 0) is 0 Å². The van der Waals surface area contributed by atoms with Crippen LogP contribution in [0, 0.1) is 9.39 Å². The summed E-state index contributed by atoms with van der Waals surface area (Å²) in [5, 5.41) is 3.13. The van der Waals surface area contributed by atoms with Crippen LogP contribution in [0.3, 0.4) is 0 Å². The molecular formula is C10H14FIN2S. The van der Waals surface area contributed by atoms with Crippen LogP contribution in [-0.4, -0.2) is 18.6 Å².